The number of nitrogens with one attached hydrogen (secondary N) is 1. The minimum Gasteiger partial charge on any atom is -0.366 e. The number of aromatic nitrogens is 1. The van der Waals surface area contributed by atoms with Gasteiger partial charge in [-0.05, 0) is 26.7 Å². The Balaban J connectivity index is 1.52. The second-order valence-electron chi connectivity index (χ2n) is 6.87. The molecule has 1 aliphatic carbocycles. The second kappa shape index (κ2) is 8.96. The lowest BCUT2D eigenvalue weighted by molar-refractivity contribution is -0.139. The molecule has 0 aromatic carbocycles. The van der Waals surface area contributed by atoms with Crippen LogP contribution in [0.1, 0.15) is 44.4 Å². The number of hydrogen-bond donors (Lipinski definition) is 1. The van der Waals surface area contributed by atoms with Crippen LogP contribution in [0.2, 0.25) is 0 Å². The SMILES string of the molecule is CCN(CC)c1ncc(CN2CCO[C@H](C(=O)NC3CCCC3)C2)s1. The van der Waals surface area contributed by atoms with Crippen molar-refractivity contribution in [2.24, 2.45) is 0 Å². The highest BCUT2D eigenvalue weighted by molar-refractivity contribution is 7.15. The molecular formula is C18H30N4O2S. The van der Waals surface area contributed by atoms with E-state index in [1.807, 2.05) is 6.20 Å². The second-order valence-corrected chi connectivity index (χ2v) is 7.96. The standard InChI is InChI=1S/C18H30N4O2S/c1-3-22(4-2)18-19-11-15(25-18)12-21-9-10-24-16(13-21)17(23)20-14-7-5-6-8-14/h11,14,16H,3-10,12-13H2,1-2H3,(H,20,23)/t16-/m0/s1. The van der Waals surface area contributed by atoms with Gasteiger partial charge in [0.2, 0.25) is 0 Å². The number of amides is 1. The van der Waals surface area contributed by atoms with Crippen molar-refractivity contribution in [2.45, 2.75) is 58.2 Å². The van der Waals surface area contributed by atoms with E-state index < -0.39 is 0 Å². The molecule has 3 rings (SSSR count). The van der Waals surface area contributed by atoms with Gasteiger partial charge in [-0.1, -0.05) is 12.8 Å². The molecular weight excluding hydrogens is 336 g/mol. The highest BCUT2D eigenvalue weighted by atomic mass is 32.1. The van der Waals surface area contributed by atoms with Crippen LogP contribution in [-0.4, -0.2) is 60.7 Å². The lowest BCUT2D eigenvalue weighted by Crippen LogP contribution is -2.51. The summed E-state index contributed by atoms with van der Waals surface area (Å²) in [6.45, 7) is 9.25. The Morgan fingerprint density at radius 3 is 2.88 bits per heavy atom. The van der Waals surface area contributed by atoms with Crippen LogP contribution in [0.4, 0.5) is 5.13 Å². The van der Waals surface area contributed by atoms with Crippen LogP contribution in [0.15, 0.2) is 6.20 Å². The molecule has 1 saturated carbocycles. The van der Waals surface area contributed by atoms with Gasteiger partial charge in [0.1, 0.15) is 6.10 Å². The van der Waals surface area contributed by atoms with Gasteiger partial charge in [-0.3, -0.25) is 9.69 Å². The minimum absolute atomic E-state index is 0.0599. The summed E-state index contributed by atoms with van der Waals surface area (Å²) in [5.74, 6) is 0.0599. The molecule has 2 aliphatic rings. The van der Waals surface area contributed by atoms with Gasteiger partial charge in [0.15, 0.2) is 5.13 Å². The summed E-state index contributed by atoms with van der Waals surface area (Å²) in [5.41, 5.74) is 0. The largest absolute Gasteiger partial charge is 0.366 e. The molecule has 0 spiro atoms. The molecule has 1 aromatic rings. The van der Waals surface area contributed by atoms with E-state index in [-0.39, 0.29) is 12.0 Å². The summed E-state index contributed by atoms with van der Waals surface area (Å²) in [5, 5.41) is 4.25. The molecule has 1 atom stereocenters. The zero-order valence-electron chi connectivity index (χ0n) is 15.4. The Labute approximate surface area is 154 Å². The summed E-state index contributed by atoms with van der Waals surface area (Å²) in [7, 11) is 0. The molecule has 7 heteroatoms. The van der Waals surface area contributed by atoms with Crippen LogP contribution in [-0.2, 0) is 16.1 Å². The van der Waals surface area contributed by atoms with Crippen LogP contribution >= 0.6 is 11.3 Å². The number of thiazole rings is 1. The maximum atomic E-state index is 12.4. The van der Waals surface area contributed by atoms with Crippen LogP contribution in [0, 0.1) is 0 Å². The number of carbonyl (C=O) groups is 1. The van der Waals surface area contributed by atoms with E-state index in [1.165, 1.54) is 17.7 Å². The predicted molar refractivity (Wildman–Crippen MR) is 101 cm³/mol. The van der Waals surface area contributed by atoms with Crippen molar-refractivity contribution in [1.29, 1.82) is 0 Å². The Morgan fingerprint density at radius 1 is 1.40 bits per heavy atom. The lowest BCUT2D eigenvalue weighted by Gasteiger charge is -2.32. The van der Waals surface area contributed by atoms with Crippen molar-refractivity contribution in [3.8, 4) is 0 Å². The average molecular weight is 367 g/mol. The molecule has 1 amide bonds. The van der Waals surface area contributed by atoms with Crippen molar-refractivity contribution in [3.05, 3.63) is 11.1 Å². The van der Waals surface area contributed by atoms with Gasteiger partial charge < -0.3 is 15.0 Å². The monoisotopic (exact) mass is 366 g/mol. The highest BCUT2D eigenvalue weighted by Crippen LogP contribution is 2.24. The normalized spacial score (nSPS) is 22.2. The fourth-order valence-electron chi connectivity index (χ4n) is 3.60. The third-order valence-corrected chi connectivity index (χ3v) is 6.14. The molecule has 1 aliphatic heterocycles. The Kier molecular flexibility index (Phi) is 6.67. The van der Waals surface area contributed by atoms with E-state index in [1.54, 1.807) is 11.3 Å². The molecule has 2 heterocycles. The highest BCUT2D eigenvalue weighted by Gasteiger charge is 2.29. The molecule has 2 fully saturated rings. The number of morpholine rings is 1. The van der Waals surface area contributed by atoms with E-state index in [2.05, 4.69) is 33.9 Å². The number of carbonyl (C=O) groups excluding carboxylic acids is 1. The first-order chi connectivity index (χ1) is 12.2. The van der Waals surface area contributed by atoms with E-state index in [4.69, 9.17) is 4.74 Å². The maximum Gasteiger partial charge on any atom is 0.250 e. The number of nitrogens with zero attached hydrogens (tertiary/aromatic N) is 3. The molecule has 25 heavy (non-hydrogen) atoms. The summed E-state index contributed by atoms with van der Waals surface area (Å²) in [6.07, 6.45) is 6.30. The first kappa shape index (κ1) is 18.6. The molecule has 1 aromatic heterocycles. The van der Waals surface area contributed by atoms with Crippen LogP contribution in [0.5, 0.6) is 0 Å². The van der Waals surface area contributed by atoms with Crippen molar-refractivity contribution in [1.82, 2.24) is 15.2 Å². The van der Waals surface area contributed by atoms with Gasteiger partial charge in [-0.2, -0.15) is 0 Å². The smallest absolute Gasteiger partial charge is 0.250 e. The zero-order valence-corrected chi connectivity index (χ0v) is 16.2. The van der Waals surface area contributed by atoms with Gasteiger partial charge in [0.25, 0.3) is 5.91 Å². The quantitative estimate of drug-likeness (QED) is 0.802. The van der Waals surface area contributed by atoms with Crippen LogP contribution < -0.4 is 10.2 Å². The number of anilines is 1. The zero-order chi connectivity index (χ0) is 17.6. The third-order valence-electron chi connectivity index (χ3n) is 5.10. The third kappa shape index (κ3) is 4.92. The van der Waals surface area contributed by atoms with Gasteiger partial charge in [-0.15, -0.1) is 11.3 Å². The van der Waals surface area contributed by atoms with Crippen molar-refractivity contribution in [3.63, 3.8) is 0 Å². The fraction of sp³-hybridized carbons (Fsp3) is 0.778. The van der Waals surface area contributed by atoms with E-state index in [0.29, 0.717) is 19.2 Å². The molecule has 1 N–H and O–H groups in total. The Bertz CT molecular complexity index is 555. The summed E-state index contributed by atoms with van der Waals surface area (Å²) in [4.78, 5) is 22.8. The van der Waals surface area contributed by atoms with E-state index >= 15 is 0 Å². The first-order valence-corrected chi connectivity index (χ1v) is 10.3. The molecule has 0 bridgehead atoms. The topological polar surface area (TPSA) is 57.7 Å². The lowest BCUT2D eigenvalue weighted by atomic mass is 10.2. The Hall–Kier alpha value is -1.18. The maximum absolute atomic E-state index is 12.4. The minimum atomic E-state index is -0.343. The van der Waals surface area contributed by atoms with Crippen molar-refractivity contribution in [2.75, 3.05) is 37.7 Å². The van der Waals surface area contributed by atoms with Crippen molar-refractivity contribution >= 4 is 22.4 Å². The first-order valence-electron chi connectivity index (χ1n) is 9.53. The number of ether oxygens (including phenoxy) is 1. The summed E-state index contributed by atoms with van der Waals surface area (Å²) in [6, 6.07) is 0.351. The van der Waals surface area contributed by atoms with E-state index in [0.717, 1.165) is 44.2 Å². The van der Waals surface area contributed by atoms with Crippen molar-refractivity contribution < 1.29 is 9.53 Å². The fourth-order valence-corrected chi connectivity index (χ4v) is 4.68. The van der Waals surface area contributed by atoms with E-state index in [9.17, 15) is 4.79 Å². The molecule has 0 unspecified atom stereocenters. The molecule has 140 valence electrons. The molecule has 6 nitrogen and oxygen atoms in total. The van der Waals surface area contributed by atoms with Gasteiger partial charge >= 0.3 is 0 Å². The van der Waals surface area contributed by atoms with Gasteiger partial charge in [0, 0.05) is 49.8 Å². The molecule has 0 radical (unpaired) electrons. The summed E-state index contributed by atoms with van der Waals surface area (Å²) >= 11 is 1.75. The van der Waals surface area contributed by atoms with Gasteiger partial charge in [0.05, 0.1) is 6.61 Å². The molecule has 1 saturated heterocycles. The van der Waals surface area contributed by atoms with Gasteiger partial charge in [-0.25, -0.2) is 4.98 Å². The number of rotatable bonds is 7. The van der Waals surface area contributed by atoms with Crippen LogP contribution in [0.3, 0.4) is 0 Å². The Morgan fingerprint density at radius 2 is 2.16 bits per heavy atom. The number of hydrogen-bond acceptors (Lipinski definition) is 6. The summed E-state index contributed by atoms with van der Waals surface area (Å²) < 4.78 is 5.72. The predicted octanol–water partition coefficient (Wildman–Crippen LogP) is 2.25. The average Bonchev–Trinajstić information content (AvgIpc) is 3.29. The van der Waals surface area contributed by atoms with Crippen LogP contribution in [0.25, 0.3) is 0 Å².